The number of hydrogen-bond donors (Lipinski definition) is 2. The highest BCUT2D eigenvalue weighted by atomic mass is 35.5. The summed E-state index contributed by atoms with van der Waals surface area (Å²) in [5, 5.41) is 5.89. The van der Waals surface area contributed by atoms with Gasteiger partial charge in [0.15, 0.2) is 0 Å². The molecule has 1 atom stereocenters. The Morgan fingerprint density at radius 1 is 1.07 bits per heavy atom. The Morgan fingerprint density at radius 3 is 2.55 bits per heavy atom. The minimum Gasteiger partial charge on any atom is -0.350 e. The maximum absolute atomic E-state index is 12.2. The van der Waals surface area contributed by atoms with Gasteiger partial charge in [-0.25, -0.2) is 0 Å². The van der Waals surface area contributed by atoms with Gasteiger partial charge in [0.2, 0.25) is 5.91 Å². The fraction of sp³-hybridized carbons (Fsp3) is 0.391. The Bertz CT molecular complexity index is 856. The second kappa shape index (κ2) is 10.4. The molecule has 2 aromatic carbocycles. The highest BCUT2D eigenvalue weighted by Crippen LogP contribution is 2.19. The SMILES string of the molecule is C[C@H]1CCCN(Cc2ccccc2CNC(=O)CNC(=O)c2ccccc2Cl)C1. The van der Waals surface area contributed by atoms with E-state index in [2.05, 4.69) is 28.5 Å². The molecule has 1 aliphatic heterocycles. The summed E-state index contributed by atoms with van der Waals surface area (Å²) in [5.41, 5.74) is 2.71. The average Bonchev–Trinajstić information content (AvgIpc) is 2.72. The van der Waals surface area contributed by atoms with Crippen LogP contribution in [0.15, 0.2) is 48.5 Å². The number of carbonyl (C=O) groups is 2. The minimum absolute atomic E-state index is 0.0874. The minimum atomic E-state index is -0.356. The quantitative estimate of drug-likeness (QED) is 0.728. The number of benzene rings is 2. The molecule has 6 heteroatoms. The first-order valence-corrected chi connectivity index (χ1v) is 10.5. The van der Waals surface area contributed by atoms with E-state index in [9.17, 15) is 9.59 Å². The maximum atomic E-state index is 12.2. The van der Waals surface area contributed by atoms with Crippen LogP contribution in [0.3, 0.4) is 0 Å². The lowest BCUT2D eigenvalue weighted by molar-refractivity contribution is -0.120. The first-order valence-electron chi connectivity index (χ1n) is 10.1. The number of amides is 2. The van der Waals surface area contributed by atoms with Crippen molar-refractivity contribution >= 4 is 23.4 Å². The van der Waals surface area contributed by atoms with Gasteiger partial charge in [-0.05, 0) is 48.6 Å². The number of halogens is 1. The third-order valence-electron chi connectivity index (χ3n) is 5.26. The van der Waals surface area contributed by atoms with E-state index in [1.54, 1.807) is 24.3 Å². The lowest BCUT2D eigenvalue weighted by atomic mass is 9.99. The van der Waals surface area contributed by atoms with Gasteiger partial charge in [-0.15, -0.1) is 0 Å². The zero-order chi connectivity index (χ0) is 20.6. The van der Waals surface area contributed by atoms with Crippen LogP contribution in [-0.4, -0.2) is 36.3 Å². The third kappa shape index (κ3) is 6.31. The Morgan fingerprint density at radius 2 is 1.79 bits per heavy atom. The first kappa shape index (κ1) is 21.3. The van der Waals surface area contributed by atoms with Gasteiger partial charge >= 0.3 is 0 Å². The van der Waals surface area contributed by atoms with Crippen molar-refractivity contribution in [3.63, 3.8) is 0 Å². The predicted octanol–water partition coefficient (Wildman–Crippen LogP) is 3.62. The summed E-state index contributed by atoms with van der Waals surface area (Å²) in [7, 11) is 0. The van der Waals surface area contributed by atoms with E-state index in [1.807, 2.05) is 18.2 Å². The molecule has 1 saturated heterocycles. The molecule has 5 nitrogen and oxygen atoms in total. The smallest absolute Gasteiger partial charge is 0.253 e. The van der Waals surface area contributed by atoms with Gasteiger partial charge in [-0.3, -0.25) is 14.5 Å². The van der Waals surface area contributed by atoms with Crippen LogP contribution in [-0.2, 0) is 17.9 Å². The summed E-state index contributed by atoms with van der Waals surface area (Å²) in [6.45, 7) is 5.80. The number of nitrogens with zero attached hydrogens (tertiary/aromatic N) is 1. The number of hydrogen-bond acceptors (Lipinski definition) is 3. The maximum Gasteiger partial charge on any atom is 0.253 e. The lowest BCUT2D eigenvalue weighted by Crippen LogP contribution is -2.37. The van der Waals surface area contributed by atoms with Crippen molar-refractivity contribution < 1.29 is 9.59 Å². The summed E-state index contributed by atoms with van der Waals surface area (Å²) < 4.78 is 0. The van der Waals surface area contributed by atoms with Crippen molar-refractivity contribution in [2.24, 2.45) is 5.92 Å². The molecule has 154 valence electrons. The van der Waals surface area contributed by atoms with Crippen LogP contribution in [0.4, 0.5) is 0 Å². The Labute approximate surface area is 177 Å². The molecule has 0 aliphatic carbocycles. The normalized spacial score (nSPS) is 17.0. The molecule has 2 amide bonds. The molecule has 0 spiro atoms. The number of nitrogens with one attached hydrogen (secondary N) is 2. The van der Waals surface area contributed by atoms with E-state index < -0.39 is 0 Å². The largest absolute Gasteiger partial charge is 0.350 e. The molecule has 1 aliphatic rings. The van der Waals surface area contributed by atoms with E-state index >= 15 is 0 Å². The molecule has 0 radical (unpaired) electrons. The fourth-order valence-electron chi connectivity index (χ4n) is 3.71. The van der Waals surface area contributed by atoms with Crippen LogP contribution in [0, 0.1) is 5.92 Å². The zero-order valence-corrected chi connectivity index (χ0v) is 17.5. The molecular formula is C23H28ClN3O2. The molecule has 1 heterocycles. The van der Waals surface area contributed by atoms with Crippen LogP contribution in [0.25, 0.3) is 0 Å². The topological polar surface area (TPSA) is 61.4 Å². The number of piperidine rings is 1. The Kier molecular flexibility index (Phi) is 7.67. The van der Waals surface area contributed by atoms with E-state index in [1.165, 1.54) is 18.4 Å². The van der Waals surface area contributed by atoms with E-state index in [0.717, 1.165) is 31.1 Å². The van der Waals surface area contributed by atoms with Gasteiger partial charge in [-0.2, -0.15) is 0 Å². The van der Waals surface area contributed by atoms with Crippen molar-refractivity contribution in [2.45, 2.75) is 32.9 Å². The van der Waals surface area contributed by atoms with Crippen LogP contribution in [0.1, 0.15) is 41.3 Å². The van der Waals surface area contributed by atoms with Crippen molar-refractivity contribution in [3.8, 4) is 0 Å². The lowest BCUT2D eigenvalue weighted by Gasteiger charge is -2.31. The second-order valence-corrected chi connectivity index (χ2v) is 8.10. The molecule has 29 heavy (non-hydrogen) atoms. The summed E-state index contributed by atoms with van der Waals surface area (Å²) in [4.78, 5) is 26.9. The number of likely N-dealkylation sites (tertiary alicyclic amines) is 1. The number of carbonyl (C=O) groups excluding carboxylic acids is 2. The number of rotatable bonds is 7. The summed E-state index contributed by atoms with van der Waals surface area (Å²) in [5.74, 6) is 0.148. The van der Waals surface area contributed by atoms with Gasteiger partial charge < -0.3 is 10.6 Å². The highest BCUT2D eigenvalue weighted by molar-refractivity contribution is 6.33. The van der Waals surface area contributed by atoms with Crippen LogP contribution >= 0.6 is 11.6 Å². The van der Waals surface area contributed by atoms with Crippen LogP contribution in [0.2, 0.25) is 5.02 Å². The van der Waals surface area contributed by atoms with Gasteiger partial charge in [0.1, 0.15) is 0 Å². The molecule has 0 unspecified atom stereocenters. The third-order valence-corrected chi connectivity index (χ3v) is 5.59. The van der Waals surface area contributed by atoms with Gasteiger partial charge in [0.25, 0.3) is 5.91 Å². The second-order valence-electron chi connectivity index (χ2n) is 7.69. The van der Waals surface area contributed by atoms with Crippen LogP contribution in [0.5, 0.6) is 0 Å². The van der Waals surface area contributed by atoms with Gasteiger partial charge in [0, 0.05) is 19.6 Å². The molecule has 1 fully saturated rings. The summed E-state index contributed by atoms with van der Waals surface area (Å²) in [6.07, 6.45) is 2.54. The van der Waals surface area contributed by atoms with Gasteiger partial charge in [0.05, 0.1) is 17.1 Å². The first-order chi connectivity index (χ1) is 14.0. The molecule has 0 bridgehead atoms. The van der Waals surface area contributed by atoms with Crippen LogP contribution < -0.4 is 10.6 Å². The molecule has 0 saturated carbocycles. The molecular weight excluding hydrogens is 386 g/mol. The average molecular weight is 414 g/mol. The standard InChI is InChI=1S/C23H28ClN3O2/c1-17-7-6-12-27(15-17)16-19-9-3-2-8-18(19)13-25-22(28)14-26-23(29)20-10-4-5-11-21(20)24/h2-5,8-11,17H,6-7,12-16H2,1H3,(H,25,28)(H,26,29)/t17-/m0/s1. The van der Waals surface area contributed by atoms with Gasteiger partial charge in [-0.1, -0.05) is 54.9 Å². The summed E-state index contributed by atoms with van der Waals surface area (Å²) >= 11 is 6.02. The Balaban J connectivity index is 1.50. The molecule has 2 N–H and O–H groups in total. The van der Waals surface area contributed by atoms with E-state index in [-0.39, 0.29) is 18.4 Å². The van der Waals surface area contributed by atoms with Crippen molar-refractivity contribution in [2.75, 3.05) is 19.6 Å². The summed E-state index contributed by atoms with van der Waals surface area (Å²) in [6, 6.07) is 15.0. The molecule has 3 rings (SSSR count). The van der Waals surface area contributed by atoms with Crippen molar-refractivity contribution in [1.82, 2.24) is 15.5 Å². The van der Waals surface area contributed by atoms with E-state index in [4.69, 9.17) is 11.6 Å². The highest BCUT2D eigenvalue weighted by Gasteiger charge is 2.17. The predicted molar refractivity (Wildman–Crippen MR) is 116 cm³/mol. The fourth-order valence-corrected chi connectivity index (χ4v) is 3.93. The van der Waals surface area contributed by atoms with Crippen molar-refractivity contribution in [3.05, 3.63) is 70.2 Å². The zero-order valence-electron chi connectivity index (χ0n) is 16.8. The monoisotopic (exact) mass is 413 g/mol. The molecule has 0 aromatic heterocycles. The molecule has 2 aromatic rings. The van der Waals surface area contributed by atoms with Crippen molar-refractivity contribution in [1.29, 1.82) is 0 Å². The Hall–Kier alpha value is -2.37. The van der Waals surface area contributed by atoms with E-state index in [0.29, 0.717) is 17.1 Å².